The summed E-state index contributed by atoms with van der Waals surface area (Å²) in [4.78, 5) is 30.5. The zero-order valence-electron chi connectivity index (χ0n) is 23.0. The lowest BCUT2D eigenvalue weighted by molar-refractivity contribution is -0.118. The van der Waals surface area contributed by atoms with Crippen molar-refractivity contribution in [3.8, 4) is 24.2 Å². The molecule has 2 atom stereocenters. The number of hydrogen-bond donors (Lipinski definition) is 0. The summed E-state index contributed by atoms with van der Waals surface area (Å²) >= 11 is 1.50. The largest absolute Gasteiger partial charge is 0.300 e. The summed E-state index contributed by atoms with van der Waals surface area (Å²) in [5.74, 6) is 10.0. The molecule has 38 heavy (non-hydrogen) atoms. The third-order valence-corrected chi connectivity index (χ3v) is 6.23. The van der Waals surface area contributed by atoms with Crippen LogP contribution in [0.2, 0.25) is 0 Å². The van der Waals surface area contributed by atoms with Crippen LogP contribution in [0.5, 0.6) is 0 Å². The number of nitrogens with zero attached hydrogens (tertiary/aromatic N) is 2. The van der Waals surface area contributed by atoms with Gasteiger partial charge in [0.25, 0.3) is 0 Å². The van der Waals surface area contributed by atoms with Crippen LogP contribution in [0, 0.1) is 36.0 Å². The first-order chi connectivity index (χ1) is 18.2. The number of thioether (sulfide) groups is 1. The molecule has 0 N–H and O–H groups in total. The number of ketones is 2. The molecule has 0 radical (unpaired) electrons. The molecule has 2 aromatic carbocycles. The standard InChI is InChI=1S/C19H20N2OS.C14H16O/c1-14(12-15(2)22)13-17-6-4-16(5-7-17)8-9-18-10-11-20-19(21-18)23-3;1-4-13-5-7-14(8-6-13)10-11(2)9-12(3)15/h4-7,10-11,14H,12-13H2,1-3H3;1,5-8,11H,9-10H2,2-3H3. The lowest BCUT2D eigenvalue weighted by Gasteiger charge is -2.09. The minimum Gasteiger partial charge on any atom is -0.300 e. The van der Waals surface area contributed by atoms with E-state index in [1.54, 1.807) is 20.0 Å². The number of carbonyl (C=O) groups is 2. The molecule has 0 saturated heterocycles. The first-order valence-corrected chi connectivity index (χ1v) is 13.9. The normalized spacial score (nSPS) is 11.6. The molecule has 1 aromatic heterocycles. The average molecular weight is 525 g/mol. The van der Waals surface area contributed by atoms with Gasteiger partial charge in [-0.3, -0.25) is 0 Å². The Morgan fingerprint density at radius 2 is 1.32 bits per heavy atom. The van der Waals surface area contributed by atoms with Crippen LogP contribution in [0.4, 0.5) is 0 Å². The Morgan fingerprint density at radius 3 is 1.76 bits per heavy atom. The lowest BCUT2D eigenvalue weighted by atomic mass is 9.96. The smallest absolute Gasteiger partial charge is 0.188 e. The Hall–Kier alpha value is -3.67. The average Bonchev–Trinajstić information content (AvgIpc) is 2.88. The molecule has 1 heterocycles. The summed E-state index contributed by atoms with van der Waals surface area (Å²) in [7, 11) is 0. The molecule has 0 aliphatic rings. The maximum absolute atomic E-state index is 11.1. The Balaban J connectivity index is 0.000000293. The predicted molar refractivity (Wildman–Crippen MR) is 157 cm³/mol. The van der Waals surface area contributed by atoms with E-state index in [1.165, 1.54) is 22.9 Å². The van der Waals surface area contributed by atoms with Crippen LogP contribution >= 0.6 is 11.8 Å². The van der Waals surface area contributed by atoms with Crippen LogP contribution in [0.15, 0.2) is 66.0 Å². The summed E-state index contributed by atoms with van der Waals surface area (Å²) in [5, 5.41) is 0.728. The van der Waals surface area contributed by atoms with Crippen molar-refractivity contribution in [2.45, 2.75) is 58.5 Å². The Bertz CT molecular complexity index is 1300. The van der Waals surface area contributed by atoms with Crippen LogP contribution < -0.4 is 0 Å². The molecule has 2 unspecified atom stereocenters. The van der Waals surface area contributed by atoms with E-state index in [9.17, 15) is 9.59 Å². The van der Waals surface area contributed by atoms with Crippen LogP contribution in [0.25, 0.3) is 0 Å². The highest BCUT2D eigenvalue weighted by Crippen LogP contribution is 2.14. The number of benzene rings is 2. The van der Waals surface area contributed by atoms with E-state index in [1.807, 2.05) is 48.7 Å². The van der Waals surface area contributed by atoms with Crippen LogP contribution in [0.1, 0.15) is 68.5 Å². The molecule has 0 aliphatic heterocycles. The van der Waals surface area contributed by atoms with Crippen molar-refractivity contribution in [2.24, 2.45) is 11.8 Å². The molecular weight excluding hydrogens is 488 g/mol. The molecule has 0 saturated carbocycles. The molecule has 0 spiro atoms. The fourth-order valence-corrected chi connectivity index (χ4v) is 4.39. The molecule has 3 aromatic rings. The topological polar surface area (TPSA) is 59.9 Å². The number of hydrogen-bond acceptors (Lipinski definition) is 5. The quantitative estimate of drug-likeness (QED) is 0.180. The Labute approximate surface area is 232 Å². The third kappa shape index (κ3) is 12.0. The minimum absolute atomic E-state index is 0.245. The van der Waals surface area contributed by atoms with Gasteiger partial charge < -0.3 is 9.59 Å². The summed E-state index contributed by atoms with van der Waals surface area (Å²) < 4.78 is 0. The minimum atomic E-state index is 0.245. The Kier molecular flexibility index (Phi) is 13.0. The highest BCUT2D eigenvalue weighted by atomic mass is 32.2. The van der Waals surface area contributed by atoms with Crippen molar-refractivity contribution in [1.29, 1.82) is 0 Å². The third-order valence-electron chi connectivity index (χ3n) is 5.67. The van der Waals surface area contributed by atoms with Crippen molar-refractivity contribution in [3.05, 3.63) is 88.7 Å². The molecule has 4 nitrogen and oxygen atoms in total. The maximum atomic E-state index is 11.1. The van der Waals surface area contributed by atoms with Gasteiger partial charge in [-0.25, -0.2) is 9.97 Å². The number of aromatic nitrogens is 2. The monoisotopic (exact) mass is 524 g/mol. The lowest BCUT2D eigenvalue weighted by Crippen LogP contribution is -2.04. The van der Waals surface area contributed by atoms with Crippen molar-refractivity contribution in [2.75, 3.05) is 6.26 Å². The van der Waals surface area contributed by atoms with E-state index in [4.69, 9.17) is 6.42 Å². The molecule has 0 aliphatic carbocycles. The van der Waals surface area contributed by atoms with Gasteiger partial charge in [0.05, 0.1) is 0 Å². The van der Waals surface area contributed by atoms with E-state index < -0.39 is 0 Å². The highest BCUT2D eigenvalue weighted by Gasteiger charge is 2.07. The van der Waals surface area contributed by atoms with E-state index >= 15 is 0 Å². The van der Waals surface area contributed by atoms with Crippen molar-refractivity contribution >= 4 is 23.3 Å². The molecule has 3 rings (SSSR count). The molecular formula is C33H36N2O2S. The van der Waals surface area contributed by atoms with Crippen LogP contribution in [-0.2, 0) is 22.4 Å². The molecule has 196 valence electrons. The second-order valence-electron chi connectivity index (χ2n) is 9.65. The van der Waals surface area contributed by atoms with Gasteiger partial charge in [0.15, 0.2) is 5.16 Å². The maximum Gasteiger partial charge on any atom is 0.188 e. The van der Waals surface area contributed by atoms with Crippen molar-refractivity contribution in [1.82, 2.24) is 9.97 Å². The van der Waals surface area contributed by atoms with Gasteiger partial charge in [-0.1, -0.05) is 61.7 Å². The van der Waals surface area contributed by atoms with Gasteiger partial charge in [0.2, 0.25) is 0 Å². The highest BCUT2D eigenvalue weighted by molar-refractivity contribution is 7.98. The molecule has 5 heteroatoms. The summed E-state index contributed by atoms with van der Waals surface area (Å²) in [6, 6.07) is 17.9. The first-order valence-electron chi connectivity index (χ1n) is 12.7. The SMILES string of the molecule is C#Cc1ccc(CC(C)CC(C)=O)cc1.CSc1nccc(C#Cc2ccc(CC(C)CC(C)=O)cc2)n1. The predicted octanol–water partition coefficient (Wildman–Crippen LogP) is 6.58. The van der Waals surface area contributed by atoms with Gasteiger partial charge in [0.1, 0.15) is 17.3 Å². The summed E-state index contributed by atoms with van der Waals surface area (Å²) in [6.45, 7) is 7.48. The van der Waals surface area contributed by atoms with Gasteiger partial charge >= 0.3 is 0 Å². The van der Waals surface area contributed by atoms with E-state index in [0.717, 1.165) is 34.8 Å². The molecule has 0 amide bonds. The van der Waals surface area contributed by atoms with Crippen LogP contribution in [-0.4, -0.2) is 27.8 Å². The van der Waals surface area contributed by atoms with Gasteiger partial charge in [-0.05, 0) is 92.2 Å². The summed E-state index contributed by atoms with van der Waals surface area (Å²) in [5.41, 5.74) is 5.05. The fraction of sp³-hybridized carbons (Fsp3) is 0.333. The number of carbonyl (C=O) groups excluding carboxylic acids is 2. The zero-order valence-corrected chi connectivity index (χ0v) is 23.8. The van der Waals surface area contributed by atoms with Crippen molar-refractivity contribution in [3.63, 3.8) is 0 Å². The van der Waals surface area contributed by atoms with E-state index in [2.05, 4.69) is 53.7 Å². The first kappa shape index (κ1) is 30.6. The number of Topliss-reactive ketones (excluding diaryl/α,β-unsaturated/α-hetero) is 2. The zero-order chi connectivity index (χ0) is 27.9. The van der Waals surface area contributed by atoms with Gasteiger partial charge in [-0.15, -0.1) is 6.42 Å². The molecule has 0 bridgehead atoms. The number of terminal acetylenes is 1. The van der Waals surface area contributed by atoms with E-state index in [-0.39, 0.29) is 11.6 Å². The van der Waals surface area contributed by atoms with Gasteiger partial charge in [0, 0.05) is 30.2 Å². The Morgan fingerprint density at radius 1 is 0.816 bits per heavy atom. The van der Waals surface area contributed by atoms with E-state index in [0.29, 0.717) is 24.7 Å². The molecule has 0 fully saturated rings. The van der Waals surface area contributed by atoms with Crippen LogP contribution in [0.3, 0.4) is 0 Å². The van der Waals surface area contributed by atoms with Crippen molar-refractivity contribution < 1.29 is 9.59 Å². The van der Waals surface area contributed by atoms with Gasteiger partial charge in [-0.2, -0.15) is 0 Å². The summed E-state index contributed by atoms with van der Waals surface area (Å²) in [6.07, 6.45) is 12.1. The fourth-order valence-electron chi connectivity index (χ4n) is 4.04. The second kappa shape index (κ2) is 16.2. The second-order valence-corrected chi connectivity index (χ2v) is 10.4. The number of rotatable bonds is 9.